The number of hydrogen-bond acceptors (Lipinski definition) is 6. The molecule has 2 aromatic carbocycles. The molecular weight excluding hydrogens is 356 g/mol. The lowest BCUT2D eigenvalue weighted by molar-refractivity contribution is 0.0876. The normalized spacial score (nSPS) is 18.3. The van der Waals surface area contributed by atoms with Gasteiger partial charge in [-0.2, -0.15) is 5.10 Å². The zero-order chi connectivity index (χ0) is 18.5. The van der Waals surface area contributed by atoms with Crippen molar-refractivity contribution in [3.05, 3.63) is 65.5 Å². The molecule has 0 bridgehead atoms. The van der Waals surface area contributed by atoms with Crippen molar-refractivity contribution in [3.63, 3.8) is 0 Å². The summed E-state index contributed by atoms with van der Waals surface area (Å²) in [6, 6.07) is 15.7. The molecule has 6 rings (SSSR count). The number of aromatic amines is 1. The summed E-state index contributed by atoms with van der Waals surface area (Å²) in [6.45, 7) is 2.01. The largest absolute Gasteiger partial charge is 0.485 e. The van der Waals surface area contributed by atoms with E-state index in [4.69, 9.17) is 14.0 Å². The van der Waals surface area contributed by atoms with Crippen molar-refractivity contribution in [3.8, 4) is 11.5 Å². The zero-order valence-electron chi connectivity index (χ0n) is 15.1. The van der Waals surface area contributed by atoms with Gasteiger partial charge in [-0.15, -0.1) is 0 Å². The van der Waals surface area contributed by atoms with Gasteiger partial charge in [0.05, 0.1) is 5.39 Å². The lowest BCUT2D eigenvalue weighted by Gasteiger charge is -2.29. The first-order valence-corrected chi connectivity index (χ1v) is 9.40. The second kappa shape index (κ2) is 6.02. The van der Waals surface area contributed by atoms with Crippen LogP contribution in [-0.4, -0.2) is 28.5 Å². The number of nitrogens with one attached hydrogen (secondary N) is 1. The summed E-state index contributed by atoms with van der Waals surface area (Å²) in [4.78, 5) is 2.24. The van der Waals surface area contributed by atoms with Crippen molar-refractivity contribution in [1.29, 1.82) is 0 Å². The minimum atomic E-state index is -0.232. The van der Waals surface area contributed by atoms with Gasteiger partial charge in [-0.05, 0) is 24.3 Å². The van der Waals surface area contributed by atoms with E-state index in [-0.39, 0.29) is 6.10 Å². The first kappa shape index (κ1) is 15.6. The fourth-order valence-corrected chi connectivity index (χ4v) is 4.02. The van der Waals surface area contributed by atoms with Gasteiger partial charge in [-0.3, -0.25) is 5.10 Å². The van der Waals surface area contributed by atoms with Crippen LogP contribution in [0.2, 0.25) is 0 Å². The van der Waals surface area contributed by atoms with Crippen molar-refractivity contribution in [2.75, 3.05) is 18.1 Å². The lowest BCUT2D eigenvalue weighted by atomic mass is 10.0. The summed E-state index contributed by atoms with van der Waals surface area (Å²) in [5.74, 6) is 2.41. The minimum Gasteiger partial charge on any atom is -0.485 e. The highest BCUT2D eigenvalue weighted by Gasteiger charge is 2.32. The molecule has 0 spiro atoms. The molecule has 1 N–H and O–H groups in total. The third-order valence-corrected chi connectivity index (χ3v) is 5.44. The molecule has 2 aliphatic rings. The third kappa shape index (κ3) is 2.36. The SMILES string of the molecule is c1ccc2c(c1)OCC(c1n[nH]c3c1CN(c1noc4ccccc14)CC3)O2. The van der Waals surface area contributed by atoms with E-state index in [9.17, 15) is 0 Å². The summed E-state index contributed by atoms with van der Waals surface area (Å²) in [5.41, 5.74) is 4.02. The van der Waals surface area contributed by atoms with Crippen LogP contribution in [0.5, 0.6) is 11.5 Å². The summed E-state index contributed by atoms with van der Waals surface area (Å²) >= 11 is 0. The smallest absolute Gasteiger partial charge is 0.180 e. The number of hydrogen-bond donors (Lipinski definition) is 1. The number of benzene rings is 2. The summed E-state index contributed by atoms with van der Waals surface area (Å²) < 4.78 is 17.6. The maximum atomic E-state index is 6.18. The second-order valence-electron chi connectivity index (χ2n) is 7.10. The highest BCUT2D eigenvalue weighted by Crippen LogP contribution is 2.38. The maximum Gasteiger partial charge on any atom is 0.180 e. The van der Waals surface area contributed by atoms with Gasteiger partial charge in [0, 0.05) is 30.8 Å². The molecule has 1 unspecified atom stereocenters. The molecule has 2 aromatic heterocycles. The topological polar surface area (TPSA) is 76.4 Å². The van der Waals surface area contributed by atoms with Crippen LogP contribution in [0.3, 0.4) is 0 Å². The number of fused-ring (bicyclic) bond motifs is 3. The average Bonchev–Trinajstić information content (AvgIpc) is 3.37. The maximum absolute atomic E-state index is 6.18. The number of ether oxygens (including phenoxy) is 2. The first-order chi connectivity index (χ1) is 13.9. The molecule has 140 valence electrons. The van der Waals surface area contributed by atoms with Crippen molar-refractivity contribution in [2.24, 2.45) is 0 Å². The zero-order valence-corrected chi connectivity index (χ0v) is 15.1. The molecule has 0 amide bonds. The molecule has 7 heteroatoms. The Balaban J connectivity index is 1.32. The van der Waals surface area contributed by atoms with Gasteiger partial charge in [0.2, 0.25) is 0 Å². The summed E-state index contributed by atoms with van der Waals surface area (Å²) in [6.07, 6.45) is 0.636. The minimum absolute atomic E-state index is 0.232. The molecule has 0 radical (unpaired) electrons. The van der Waals surface area contributed by atoms with Crippen molar-refractivity contribution >= 4 is 16.8 Å². The predicted octanol–water partition coefficient (Wildman–Crippen LogP) is 3.63. The Morgan fingerprint density at radius 3 is 2.86 bits per heavy atom. The predicted molar refractivity (Wildman–Crippen MR) is 103 cm³/mol. The van der Waals surface area contributed by atoms with Gasteiger partial charge < -0.3 is 18.9 Å². The summed E-state index contributed by atoms with van der Waals surface area (Å²) in [5, 5.41) is 13.1. The fourth-order valence-electron chi connectivity index (χ4n) is 4.02. The molecule has 0 fully saturated rings. The van der Waals surface area contributed by atoms with Crippen molar-refractivity contribution in [1.82, 2.24) is 15.4 Å². The monoisotopic (exact) mass is 374 g/mol. The van der Waals surface area contributed by atoms with Crippen LogP contribution in [-0.2, 0) is 13.0 Å². The van der Waals surface area contributed by atoms with E-state index >= 15 is 0 Å². The van der Waals surface area contributed by atoms with Crippen LogP contribution >= 0.6 is 0 Å². The quantitative estimate of drug-likeness (QED) is 0.577. The molecule has 4 aromatic rings. The number of para-hydroxylation sites is 3. The standard InChI is InChI=1S/C21H18N4O3/c1-2-6-16-13(5-1)21(24-28-16)25-10-9-15-14(11-25)20(23-22-15)19-12-26-17-7-3-4-8-18(17)27-19/h1-8,19H,9-12H2,(H,22,23). The number of rotatable bonds is 2. The van der Waals surface area contributed by atoms with E-state index in [1.54, 1.807) is 0 Å². The van der Waals surface area contributed by atoms with Crippen LogP contribution in [0.1, 0.15) is 23.1 Å². The van der Waals surface area contributed by atoms with Crippen LogP contribution in [0.15, 0.2) is 53.1 Å². The highest BCUT2D eigenvalue weighted by molar-refractivity contribution is 5.88. The van der Waals surface area contributed by atoms with Crippen molar-refractivity contribution in [2.45, 2.75) is 19.1 Å². The van der Waals surface area contributed by atoms with E-state index in [1.165, 1.54) is 0 Å². The number of aromatic nitrogens is 3. The van der Waals surface area contributed by atoms with Gasteiger partial charge in [0.25, 0.3) is 0 Å². The van der Waals surface area contributed by atoms with E-state index in [0.29, 0.717) is 13.2 Å². The van der Waals surface area contributed by atoms with E-state index in [2.05, 4.69) is 20.3 Å². The van der Waals surface area contributed by atoms with Gasteiger partial charge in [0.1, 0.15) is 12.3 Å². The molecule has 0 saturated heterocycles. The molecule has 28 heavy (non-hydrogen) atoms. The van der Waals surface area contributed by atoms with Crippen LogP contribution < -0.4 is 14.4 Å². The van der Waals surface area contributed by atoms with Crippen LogP contribution in [0.25, 0.3) is 11.0 Å². The Kier molecular flexibility index (Phi) is 3.35. The Hall–Kier alpha value is -3.48. The van der Waals surface area contributed by atoms with Crippen molar-refractivity contribution < 1.29 is 14.0 Å². The van der Waals surface area contributed by atoms with Crippen LogP contribution in [0, 0.1) is 0 Å². The van der Waals surface area contributed by atoms with E-state index in [0.717, 1.165) is 58.2 Å². The number of anilines is 1. The molecule has 1 atom stereocenters. The average molecular weight is 374 g/mol. The molecular formula is C21H18N4O3. The molecule has 2 aliphatic heterocycles. The molecule has 0 saturated carbocycles. The Labute approximate surface area is 160 Å². The Morgan fingerprint density at radius 1 is 1.04 bits per heavy atom. The van der Waals surface area contributed by atoms with Gasteiger partial charge in [0.15, 0.2) is 29.0 Å². The Morgan fingerprint density at radius 2 is 1.89 bits per heavy atom. The third-order valence-electron chi connectivity index (χ3n) is 5.44. The molecule has 4 heterocycles. The van der Waals surface area contributed by atoms with E-state index in [1.807, 2.05) is 48.5 Å². The Bertz CT molecular complexity index is 1170. The number of nitrogens with zero attached hydrogens (tertiary/aromatic N) is 3. The van der Waals surface area contributed by atoms with Crippen LogP contribution in [0.4, 0.5) is 5.82 Å². The second-order valence-corrected chi connectivity index (χ2v) is 7.10. The molecule has 7 nitrogen and oxygen atoms in total. The number of H-pyrrole nitrogens is 1. The van der Waals surface area contributed by atoms with Gasteiger partial charge in [-0.1, -0.05) is 29.4 Å². The fraction of sp³-hybridized carbons (Fsp3) is 0.238. The summed E-state index contributed by atoms with van der Waals surface area (Å²) in [7, 11) is 0. The highest BCUT2D eigenvalue weighted by atomic mass is 16.6. The van der Waals surface area contributed by atoms with Gasteiger partial charge in [-0.25, -0.2) is 0 Å². The lowest BCUT2D eigenvalue weighted by Crippen LogP contribution is -2.32. The van der Waals surface area contributed by atoms with Gasteiger partial charge >= 0.3 is 0 Å². The molecule has 0 aliphatic carbocycles. The van der Waals surface area contributed by atoms with E-state index < -0.39 is 0 Å². The first-order valence-electron chi connectivity index (χ1n) is 9.40.